The number of halogens is 2. The molecule has 0 radical (unpaired) electrons. The quantitative estimate of drug-likeness (QED) is 0.158. The minimum absolute atomic E-state index is 0. The van der Waals surface area contributed by atoms with Crippen LogP contribution in [0.1, 0.15) is 12.8 Å². The van der Waals surface area contributed by atoms with Crippen molar-refractivity contribution >= 4 is 69.2 Å². The van der Waals surface area contributed by atoms with E-state index in [1.54, 1.807) is 0 Å². The molecule has 0 spiro atoms. The molecule has 8 aromatic rings. The van der Waals surface area contributed by atoms with E-state index in [0.717, 1.165) is 12.8 Å². The molecule has 8 aromatic carbocycles. The van der Waals surface area contributed by atoms with E-state index in [-0.39, 0.29) is 61.8 Å². The molecular formula is C52H42F2P2Zr2-2. The van der Waals surface area contributed by atoms with Crippen molar-refractivity contribution in [3.63, 3.8) is 0 Å². The maximum Gasteiger partial charge on any atom is 2.00 e. The number of benzene rings is 6. The minimum Gasteiger partial charge on any atom is -1.00 e. The summed E-state index contributed by atoms with van der Waals surface area (Å²) in [6.07, 6.45) is 20.0. The first-order chi connectivity index (χ1) is 26.8. The van der Waals surface area contributed by atoms with Crippen molar-refractivity contribution in [2.24, 2.45) is 0 Å². The maximum absolute atomic E-state index is 2.99. The molecule has 0 amide bonds. The summed E-state index contributed by atoms with van der Waals surface area (Å²) < 4.78 is 0. The molecule has 284 valence electrons. The predicted octanol–water partition coefficient (Wildman–Crippen LogP) is 5.25. The fourth-order valence-electron chi connectivity index (χ4n) is 6.41. The SMILES string of the molecule is [C-]1=CC=CC1.[C-]1=CC=CC1.[F-].[F-].[Zr+2].[Zr+2].c1ccc(P(c2ccccc2)c2cc3ccccc3[cH-]2)cc1.c1ccc(P(c2ccccc2)c2cc3ccccc3[cH-]2)cc1. The molecule has 0 saturated carbocycles. The normalized spacial score (nSPS) is 11.5. The van der Waals surface area contributed by atoms with E-state index in [2.05, 4.69) is 218 Å². The van der Waals surface area contributed by atoms with Crippen LogP contribution < -0.4 is 41.2 Å². The van der Waals surface area contributed by atoms with E-state index < -0.39 is 15.8 Å². The first kappa shape index (κ1) is 48.4. The van der Waals surface area contributed by atoms with Crippen molar-refractivity contribution in [1.82, 2.24) is 0 Å². The van der Waals surface area contributed by atoms with E-state index in [1.165, 1.54) is 53.4 Å². The maximum atomic E-state index is 2.99. The smallest absolute Gasteiger partial charge is 1.00 e. The van der Waals surface area contributed by atoms with Crippen LogP contribution in [0.4, 0.5) is 0 Å². The van der Waals surface area contributed by atoms with E-state index >= 15 is 0 Å². The van der Waals surface area contributed by atoms with Crippen LogP contribution in [-0.2, 0) is 52.4 Å². The molecule has 0 bridgehead atoms. The van der Waals surface area contributed by atoms with Gasteiger partial charge in [-0.3, -0.25) is 12.2 Å². The van der Waals surface area contributed by atoms with E-state index in [0.29, 0.717) is 0 Å². The van der Waals surface area contributed by atoms with Gasteiger partial charge in [0.15, 0.2) is 0 Å². The molecule has 0 aliphatic heterocycles. The van der Waals surface area contributed by atoms with Crippen LogP contribution in [0.25, 0.3) is 21.5 Å². The number of hydrogen-bond donors (Lipinski definition) is 0. The summed E-state index contributed by atoms with van der Waals surface area (Å²) in [4.78, 5) is 0. The molecule has 10 rings (SSSR count). The molecule has 0 saturated heterocycles. The monoisotopic (exact) mass is 946 g/mol. The summed E-state index contributed by atoms with van der Waals surface area (Å²) in [5.41, 5.74) is 0. The molecular weight excluding hydrogens is 907 g/mol. The molecule has 0 N–H and O–H groups in total. The number of hydrogen-bond acceptors (Lipinski definition) is 0. The van der Waals surface area contributed by atoms with Gasteiger partial charge < -0.3 is 9.41 Å². The van der Waals surface area contributed by atoms with Crippen molar-refractivity contribution in [2.75, 3.05) is 0 Å². The molecule has 0 heterocycles. The second-order valence-electron chi connectivity index (χ2n) is 12.7. The van der Waals surface area contributed by atoms with Crippen LogP contribution in [-0.4, -0.2) is 0 Å². The number of fused-ring (bicyclic) bond motifs is 2. The Hall–Kier alpha value is -4.01. The average molecular weight is 949 g/mol. The van der Waals surface area contributed by atoms with E-state index in [4.69, 9.17) is 0 Å². The molecule has 0 fully saturated rings. The third-order valence-corrected chi connectivity index (χ3v) is 13.8. The Morgan fingerprint density at radius 2 is 0.672 bits per heavy atom. The largest absolute Gasteiger partial charge is 2.00 e. The molecule has 58 heavy (non-hydrogen) atoms. The third kappa shape index (κ3) is 13.5. The van der Waals surface area contributed by atoms with Gasteiger partial charge >= 0.3 is 52.4 Å². The Morgan fingerprint density at radius 1 is 0.379 bits per heavy atom. The Kier molecular flexibility index (Phi) is 21.8. The molecule has 0 aromatic heterocycles. The van der Waals surface area contributed by atoms with Crippen LogP contribution >= 0.6 is 15.8 Å². The molecule has 2 aliphatic carbocycles. The van der Waals surface area contributed by atoms with Gasteiger partial charge in [-0.1, -0.05) is 133 Å². The number of rotatable bonds is 6. The van der Waals surface area contributed by atoms with Gasteiger partial charge in [0.2, 0.25) is 0 Å². The molecule has 0 atom stereocenters. The van der Waals surface area contributed by atoms with Gasteiger partial charge in [-0.15, -0.1) is 93.5 Å². The summed E-state index contributed by atoms with van der Waals surface area (Å²) in [5.74, 6) is 0. The molecule has 6 heteroatoms. The number of allylic oxidation sites excluding steroid dienone is 8. The fourth-order valence-corrected chi connectivity index (χ4v) is 11.2. The van der Waals surface area contributed by atoms with Gasteiger partial charge in [0, 0.05) is 0 Å². The zero-order chi connectivity index (χ0) is 36.6. The van der Waals surface area contributed by atoms with Gasteiger partial charge in [-0.2, -0.15) is 24.3 Å². The van der Waals surface area contributed by atoms with Gasteiger partial charge in [-0.25, -0.2) is 24.3 Å². The minimum atomic E-state index is -0.493. The van der Waals surface area contributed by atoms with E-state index in [9.17, 15) is 0 Å². The van der Waals surface area contributed by atoms with Crippen molar-refractivity contribution in [2.45, 2.75) is 12.8 Å². The second-order valence-corrected chi connectivity index (χ2v) is 17.1. The zero-order valence-corrected chi connectivity index (χ0v) is 38.7. The average Bonchev–Trinajstić information content (AvgIpc) is 4.10. The van der Waals surface area contributed by atoms with Gasteiger partial charge in [0.05, 0.1) is 0 Å². The standard InChI is InChI=1S/2C21H16P.2C5H5.2FH.2Zr/c2*1-3-11-19(12-4-1)22(20-13-5-2-6-14-20)21-15-17-9-7-8-10-18(17)16-21;2*1-2-4-5-3-1;;;;/h2*1-16H;2*1-3H,4H2;2*1H;;/q4*-1;;;2*+2/p-2. The van der Waals surface area contributed by atoms with Crippen molar-refractivity contribution in [1.29, 1.82) is 0 Å². The van der Waals surface area contributed by atoms with Gasteiger partial charge in [0.1, 0.15) is 0 Å². The van der Waals surface area contributed by atoms with Crippen molar-refractivity contribution < 1.29 is 61.8 Å². The van der Waals surface area contributed by atoms with Gasteiger partial charge in [0.25, 0.3) is 0 Å². The fraction of sp³-hybridized carbons (Fsp3) is 0.0385. The second kappa shape index (κ2) is 26.2. The van der Waals surface area contributed by atoms with Crippen LogP contribution in [0, 0.1) is 12.2 Å². The Bertz CT molecular complexity index is 2110. The van der Waals surface area contributed by atoms with Crippen LogP contribution in [0.3, 0.4) is 0 Å². The Balaban J connectivity index is 0.000000237. The van der Waals surface area contributed by atoms with Crippen molar-refractivity contribution in [3.8, 4) is 0 Å². The summed E-state index contributed by atoms with van der Waals surface area (Å²) in [7, 11) is -0.986. The summed E-state index contributed by atoms with van der Waals surface area (Å²) >= 11 is 0. The van der Waals surface area contributed by atoms with Crippen molar-refractivity contribution in [3.05, 3.63) is 243 Å². The molecule has 0 nitrogen and oxygen atoms in total. The topological polar surface area (TPSA) is 0 Å². The molecule has 2 aliphatic rings. The predicted molar refractivity (Wildman–Crippen MR) is 240 cm³/mol. The zero-order valence-electron chi connectivity index (χ0n) is 32.0. The van der Waals surface area contributed by atoms with Crippen LogP contribution in [0.2, 0.25) is 0 Å². The van der Waals surface area contributed by atoms with Crippen LogP contribution in [0.15, 0.2) is 231 Å². The summed E-state index contributed by atoms with van der Waals surface area (Å²) in [6, 6.07) is 70.0. The summed E-state index contributed by atoms with van der Waals surface area (Å²) in [6.45, 7) is 0. The Labute approximate surface area is 383 Å². The molecule has 0 unspecified atom stereocenters. The Morgan fingerprint density at radius 3 is 0.914 bits per heavy atom. The summed E-state index contributed by atoms with van der Waals surface area (Å²) in [5, 5.41) is 13.8. The van der Waals surface area contributed by atoms with Crippen LogP contribution in [0.5, 0.6) is 0 Å². The van der Waals surface area contributed by atoms with E-state index in [1.807, 2.05) is 24.3 Å². The first-order valence-electron chi connectivity index (χ1n) is 18.4. The first-order valence-corrected chi connectivity index (χ1v) is 21.1. The van der Waals surface area contributed by atoms with Gasteiger partial charge in [-0.05, 0) is 37.1 Å². The third-order valence-electron chi connectivity index (χ3n) is 8.95.